The number of nitrogens with one attached hydrogen (secondary N) is 1. The molecule has 0 fully saturated rings. The molecule has 3 aromatic rings. The normalized spacial score (nSPS) is 12.0. The molecule has 6 heteroatoms. The van der Waals surface area contributed by atoms with Gasteiger partial charge in [-0.2, -0.15) is 0 Å². The summed E-state index contributed by atoms with van der Waals surface area (Å²) < 4.78 is 1.81. The first-order valence-electron chi connectivity index (χ1n) is 7.58. The number of anilines is 1. The fourth-order valence-electron chi connectivity index (χ4n) is 2.59. The second-order valence-corrected chi connectivity index (χ2v) is 5.58. The molecule has 3 rings (SSSR count). The lowest BCUT2D eigenvalue weighted by atomic mass is 10.1. The molecular formula is C18H17N3O3. The van der Waals surface area contributed by atoms with E-state index < -0.39 is 12.0 Å². The smallest absolute Gasteiger partial charge is 0.307 e. The Hall–Kier alpha value is -3.15. The molecule has 122 valence electrons. The van der Waals surface area contributed by atoms with Crippen LogP contribution in [0.2, 0.25) is 0 Å². The van der Waals surface area contributed by atoms with Gasteiger partial charge in [-0.25, -0.2) is 4.98 Å². The van der Waals surface area contributed by atoms with Crippen molar-refractivity contribution in [2.45, 2.75) is 19.4 Å². The first-order chi connectivity index (χ1) is 11.5. The molecule has 0 saturated heterocycles. The van der Waals surface area contributed by atoms with Gasteiger partial charge in [-0.3, -0.25) is 9.59 Å². The van der Waals surface area contributed by atoms with Gasteiger partial charge in [-0.05, 0) is 36.8 Å². The number of carbonyl (C=O) groups excluding carboxylic acids is 1. The van der Waals surface area contributed by atoms with Crippen LogP contribution in [0.1, 0.15) is 18.5 Å². The minimum Gasteiger partial charge on any atom is -0.481 e. The molecule has 1 atom stereocenters. The van der Waals surface area contributed by atoms with E-state index in [0.717, 1.165) is 11.0 Å². The van der Waals surface area contributed by atoms with Crippen LogP contribution in [-0.2, 0) is 16.0 Å². The first-order valence-corrected chi connectivity index (χ1v) is 7.58. The van der Waals surface area contributed by atoms with Crippen molar-refractivity contribution < 1.29 is 14.7 Å². The summed E-state index contributed by atoms with van der Waals surface area (Å²) in [6.07, 6.45) is 1.57. The lowest BCUT2D eigenvalue weighted by molar-refractivity contribution is -0.136. The molecule has 0 spiro atoms. The first kappa shape index (κ1) is 15.7. The van der Waals surface area contributed by atoms with E-state index in [4.69, 9.17) is 5.11 Å². The van der Waals surface area contributed by atoms with Crippen LogP contribution in [0, 0.1) is 0 Å². The molecule has 0 saturated carbocycles. The molecule has 1 unspecified atom stereocenters. The molecular weight excluding hydrogens is 306 g/mol. The lowest BCUT2D eigenvalue weighted by Gasteiger charge is -2.15. The number of fused-ring (bicyclic) bond motifs is 1. The number of carboxylic acid groups (broad SMARTS) is 1. The molecule has 0 aliphatic heterocycles. The number of amides is 1. The van der Waals surface area contributed by atoms with Crippen LogP contribution in [0.5, 0.6) is 0 Å². The summed E-state index contributed by atoms with van der Waals surface area (Å²) in [5.74, 6) is -1.10. The van der Waals surface area contributed by atoms with Crippen molar-refractivity contribution in [3.8, 4) is 0 Å². The summed E-state index contributed by atoms with van der Waals surface area (Å²) in [6, 6.07) is 14.0. The van der Waals surface area contributed by atoms with Crippen LogP contribution in [0.15, 0.2) is 54.9 Å². The minimum absolute atomic E-state index is 0.0780. The van der Waals surface area contributed by atoms with E-state index in [-0.39, 0.29) is 12.3 Å². The third-order valence-corrected chi connectivity index (χ3v) is 3.83. The number of imidazole rings is 1. The molecule has 1 aromatic heterocycles. The van der Waals surface area contributed by atoms with E-state index in [1.54, 1.807) is 37.5 Å². The Balaban J connectivity index is 1.78. The summed E-state index contributed by atoms with van der Waals surface area (Å²) in [5, 5.41) is 11.7. The number of aromatic nitrogens is 2. The molecule has 1 heterocycles. The topological polar surface area (TPSA) is 84.2 Å². The Bertz CT molecular complexity index is 901. The number of carbonyl (C=O) groups is 2. The number of nitrogens with zero attached hydrogens (tertiary/aromatic N) is 2. The van der Waals surface area contributed by atoms with Crippen LogP contribution in [0.25, 0.3) is 11.0 Å². The van der Waals surface area contributed by atoms with E-state index in [0.29, 0.717) is 11.3 Å². The van der Waals surface area contributed by atoms with Crippen molar-refractivity contribution in [1.29, 1.82) is 0 Å². The standard InChI is InChI=1S/C18H17N3O3/c1-12(21-11-19-15-7-2-3-8-16(15)21)18(24)20-14-6-4-5-13(9-14)10-17(22)23/h2-9,11-12H,10H2,1H3,(H,20,24)(H,22,23). The summed E-state index contributed by atoms with van der Waals surface area (Å²) in [7, 11) is 0. The maximum Gasteiger partial charge on any atom is 0.307 e. The average Bonchev–Trinajstić information content (AvgIpc) is 2.97. The molecule has 0 aliphatic rings. The molecule has 6 nitrogen and oxygen atoms in total. The van der Waals surface area contributed by atoms with Gasteiger partial charge in [0.15, 0.2) is 0 Å². The quantitative estimate of drug-likeness (QED) is 0.756. The second kappa shape index (κ2) is 6.54. The van der Waals surface area contributed by atoms with Gasteiger partial charge in [0, 0.05) is 5.69 Å². The Morgan fingerprint density at radius 2 is 2.00 bits per heavy atom. The van der Waals surface area contributed by atoms with Gasteiger partial charge in [0.05, 0.1) is 23.8 Å². The third-order valence-electron chi connectivity index (χ3n) is 3.83. The summed E-state index contributed by atoms with van der Waals surface area (Å²) in [6.45, 7) is 1.80. The largest absolute Gasteiger partial charge is 0.481 e. The molecule has 2 aromatic carbocycles. The Kier molecular flexibility index (Phi) is 4.29. The van der Waals surface area contributed by atoms with Crippen molar-refractivity contribution in [3.05, 3.63) is 60.4 Å². The van der Waals surface area contributed by atoms with E-state index in [1.807, 2.05) is 28.8 Å². The molecule has 0 radical (unpaired) electrons. The predicted octanol–water partition coefficient (Wildman–Crippen LogP) is 2.86. The van der Waals surface area contributed by atoms with Crippen LogP contribution in [-0.4, -0.2) is 26.5 Å². The van der Waals surface area contributed by atoms with Gasteiger partial charge < -0.3 is 15.0 Å². The Morgan fingerprint density at radius 1 is 1.21 bits per heavy atom. The lowest BCUT2D eigenvalue weighted by Crippen LogP contribution is -2.23. The number of aliphatic carboxylic acids is 1. The third kappa shape index (κ3) is 3.27. The zero-order valence-electron chi connectivity index (χ0n) is 13.1. The summed E-state index contributed by atoms with van der Waals surface area (Å²) in [4.78, 5) is 27.6. The van der Waals surface area contributed by atoms with Crippen molar-refractivity contribution in [2.75, 3.05) is 5.32 Å². The number of para-hydroxylation sites is 2. The predicted molar refractivity (Wildman–Crippen MR) is 90.9 cm³/mol. The highest BCUT2D eigenvalue weighted by molar-refractivity contribution is 5.94. The maximum absolute atomic E-state index is 12.5. The summed E-state index contributed by atoms with van der Waals surface area (Å²) >= 11 is 0. The fraction of sp³-hybridized carbons (Fsp3) is 0.167. The van der Waals surface area contributed by atoms with Crippen molar-refractivity contribution in [1.82, 2.24) is 9.55 Å². The minimum atomic E-state index is -0.906. The van der Waals surface area contributed by atoms with Crippen LogP contribution in [0.3, 0.4) is 0 Å². The zero-order valence-corrected chi connectivity index (χ0v) is 13.1. The van der Waals surface area contributed by atoms with Crippen LogP contribution in [0.4, 0.5) is 5.69 Å². The van der Waals surface area contributed by atoms with Crippen molar-refractivity contribution in [2.24, 2.45) is 0 Å². The van der Waals surface area contributed by atoms with Crippen molar-refractivity contribution in [3.63, 3.8) is 0 Å². The number of hydrogen-bond acceptors (Lipinski definition) is 3. The van der Waals surface area contributed by atoms with Crippen molar-refractivity contribution >= 4 is 28.6 Å². The van der Waals surface area contributed by atoms with Crippen LogP contribution >= 0.6 is 0 Å². The number of rotatable bonds is 5. The highest BCUT2D eigenvalue weighted by Crippen LogP contribution is 2.19. The Labute approximate surface area is 138 Å². The maximum atomic E-state index is 12.5. The summed E-state index contributed by atoms with van der Waals surface area (Å²) in [5.41, 5.74) is 2.94. The number of carboxylic acids is 1. The van der Waals surface area contributed by atoms with E-state index in [2.05, 4.69) is 10.3 Å². The van der Waals surface area contributed by atoms with Gasteiger partial charge in [0.2, 0.25) is 5.91 Å². The molecule has 0 aliphatic carbocycles. The van der Waals surface area contributed by atoms with Gasteiger partial charge in [-0.1, -0.05) is 24.3 Å². The Morgan fingerprint density at radius 3 is 2.79 bits per heavy atom. The monoisotopic (exact) mass is 323 g/mol. The van der Waals surface area contributed by atoms with E-state index >= 15 is 0 Å². The van der Waals surface area contributed by atoms with E-state index in [1.165, 1.54) is 0 Å². The van der Waals surface area contributed by atoms with Gasteiger partial charge in [0.25, 0.3) is 0 Å². The fourth-order valence-corrected chi connectivity index (χ4v) is 2.59. The number of benzene rings is 2. The average molecular weight is 323 g/mol. The highest BCUT2D eigenvalue weighted by Gasteiger charge is 2.17. The van der Waals surface area contributed by atoms with Gasteiger partial charge in [0.1, 0.15) is 6.04 Å². The molecule has 2 N–H and O–H groups in total. The van der Waals surface area contributed by atoms with Crippen LogP contribution < -0.4 is 5.32 Å². The SMILES string of the molecule is CC(C(=O)Nc1cccc(CC(=O)O)c1)n1cnc2ccccc21. The second-order valence-electron chi connectivity index (χ2n) is 5.58. The zero-order chi connectivity index (χ0) is 17.1. The van der Waals surface area contributed by atoms with Gasteiger partial charge in [-0.15, -0.1) is 0 Å². The molecule has 1 amide bonds. The van der Waals surface area contributed by atoms with E-state index in [9.17, 15) is 9.59 Å². The molecule has 0 bridgehead atoms. The molecule has 24 heavy (non-hydrogen) atoms. The highest BCUT2D eigenvalue weighted by atomic mass is 16.4. The number of hydrogen-bond donors (Lipinski definition) is 2. The van der Waals surface area contributed by atoms with Gasteiger partial charge >= 0.3 is 5.97 Å².